The van der Waals surface area contributed by atoms with Gasteiger partial charge in [-0.05, 0) is 6.07 Å². The number of nitrogens with one attached hydrogen (secondary N) is 2. The van der Waals surface area contributed by atoms with E-state index in [1.807, 2.05) is 0 Å². The number of hydrogen-bond acceptors (Lipinski definition) is 3. The van der Waals surface area contributed by atoms with Gasteiger partial charge in [0.1, 0.15) is 5.82 Å². The van der Waals surface area contributed by atoms with E-state index in [1.54, 1.807) is 12.3 Å². The maximum absolute atomic E-state index is 5.95. The van der Waals surface area contributed by atoms with E-state index < -0.39 is 0 Å². The lowest BCUT2D eigenvalue weighted by atomic mass is 10.0. The summed E-state index contributed by atoms with van der Waals surface area (Å²) < 4.78 is 0. The number of halogens is 2. The zero-order valence-corrected chi connectivity index (χ0v) is 9.07. The highest BCUT2D eigenvalue weighted by Gasteiger charge is 2.16. The SMILES string of the molecule is Clc1cnc(NCC2CNC2)c(Cl)c1. The number of pyridine rings is 1. The molecule has 0 aliphatic carbocycles. The summed E-state index contributed by atoms with van der Waals surface area (Å²) >= 11 is 11.7. The number of aromatic nitrogens is 1. The van der Waals surface area contributed by atoms with Crippen molar-refractivity contribution in [2.45, 2.75) is 0 Å². The van der Waals surface area contributed by atoms with Crippen molar-refractivity contribution in [2.24, 2.45) is 5.92 Å². The molecule has 0 spiro atoms. The van der Waals surface area contributed by atoms with Crippen molar-refractivity contribution in [1.82, 2.24) is 10.3 Å². The smallest absolute Gasteiger partial charge is 0.144 e. The Morgan fingerprint density at radius 2 is 2.29 bits per heavy atom. The summed E-state index contributed by atoms with van der Waals surface area (Å²) in [5.41, 5.74) is 0. The highest BCUT2D eigenvalue weighted by Crippen LogP contribution is 2.22. The van der Waals surface area contributed by atoms with Crippen LogP contribution in [0.5, 0.6) is 0 Å². The summed E-state index contributed by atoms with van der Waals surface area (Å²) in [4.78, 5) is 4.11. The quantitative estimate of drug-likeness (QED) is 0.837. The van der Waals surface area contributed by atoms with Gasteiger partial charge in [-0.2, -0.15) is 0 Å². The van der Waals surface area contributed by atoms with Crippen molar-refractivity contribution in [3.05, 3.63) is 22.3 Å². The third-order valence-electron chi connectivity index (χ3n) is 2.23. The minimum Gasteiger partial charge on any atom is -0.368 e. The van der Waals surface area contributed by atoms with Gasteiger partial charge in [-0.15, -0.1) is 0 Å². The molecule has 14 heavy (non-hydrogen) atoms. The fraction of sp³-hybridized carbons (Fsp3) is 0.444. The van der Waals surface area contributed by atoms with Crippen LogP contribution in [0.1, 0.15) is 0 Å². The molecule has 0 unspecified atom stereocenters. The summed E-state index contributed by atoms with van der Waals surface area (Å²) in [5, 5.41) is 7.54. The molecule has 0 aromatic carbocycles. The lowest BCUT2D eigenvalue weighted by molar-refractivity contribution is 0.365. The standard InChI is InChI=1S/C9H11Cl2N3/c10-7-1-8(11)9(14-5-7)13-4-6-2-12-3-6/h1,5-6,12H,2-4H2,(H,13,14). The average molecular weight is 232 g/mol. The molecule has 1 aliphatic rings. The van der Waals surface area contributed by atoms with E-state index >= 15 is 0 Å². The summed E-state index contributed by atoms with van der Waals surface area (Å²) in [6, 6.07) is 1.69. The van der Waals surface area contributed by atoms with Crippen LogP contribution in [0.15, 0.2) is 12.3 Å². The minimum absolute atomic E-state index is 0.561. The molecule has 0 atom stereocenters. The zero-order valence-electron chi connectivity index (χ0n) is 7.56. The minimum atomic E-state index is 0.561. The molecule has 2 rings (SSSR count). The Hall–Kier alpha value is -0.510. The van der Waals surface area contributed by atoms with Crippen molar-refractivity contribution in [1.29, 1.82) is 0 Å². The lowest BCUT2D eigenvalue weighted by Gasteiger charge is -2.27. The maximum atomic E-state index is 5.95. The third-order valence-corrected chi connectivity index (χ3v) is 2.73. The first-order valence-electron chi connectivity index (χ1n) is 4.51. The van der Waals surface area contributed by atoms with E-state index in [9.17, 15) is 0 Å². The van der Waals surface area contributed by atoms with Gasteiger partial charge in [0.2, 0.25) is 0 Å². The van der Waals surface area contributed by atoms with Crippen LogP contribution in [0.3, 0.4) is 0 Å². The molecule has 1 aliphatic heterocycles. The predicted octanol–water partition coefficient (Wildman–Crippen LogP) is 2.02. The summed E-state index contributed by atoms with van der Waals surface area (Å²) in [6.07, 6.45) is 1.59. The zero-order chi connectivity index (χ0) is 9.97. The van der Waals surface area contributed by atoms with Crippen molar-refractivity contribution >= 4 is 29.0 Å². The largest absolute Gasteiger partial charge is 0.368 e. The average Bonchev–Trinajstić information content (AvgIpc) is 2.05. The van der Waals surface area contributed by atoms with Gasteiger partial charge in [0.25, 0.3) is 0 Å². The topological polar surface area (TPSA) is 37.0 Å². The van der Waals surface area contributed by atoms with Crippen molar-refractivity contribution < 1.29 is 0 Å². The summed E-state index contributed by atoms with van der Waals surface area (Å²) in [5.74, 6) is 1.39. The molecule has 0 bridgehead atoms. The third kappa shape index (κ3) is 2.29. The van der Waals surface area contributed by atoms with Crippen LogP contribution in [-0.4, -0.2) is 24.6 Å². The number of nitrogens with zero attached hydrogens (tertiary/aromatic N) is 1. The molecule has 0 radical (unpaired) electrons. The molecule has 0 saturated carbocycles. The molecule has 1 fully saturated rings. The second kappa shape index (κ2) is 4.34. The van der Waals surface area contributed by atoms with E-state index in [0.717, 1.165) is 19.6 Å². The fourth-order valence-electron chi connectivity index (χ4n) is 1.28. The Morgan fingerprint density at radius 3 is 2.86 bits per heavy atom. The van der Waals surface area contributed by atoms with Crippen LogP contribution in [0.2, 0.25) is 10.0 Å². The van der Waals surface area contributed by atoms with Crippen LogP contribution in [0.4, 0.5) is 5.82 Å². The van der Waals surface area contributed by atoms with Gasteiger partial charge < -0.3 is 10.6 Å². The van der Waals surface area contributed by atoms with Gasteiger partial charge in [-0.25, -0.2) is 4.98 Å². The molecule has 1 saturated heterocycles. The Morgan fingerprint density at radius 1 is 1.50 bits per heavy atom. The first-order valence-corrected chi connectivity index (χ1v) is 5.27. The first kappa shape index (κ1) is 10.0. The van der Waals surface area contributed by atoms with E-state index in [-0.39, 0.29) is 0 Å². The number of rotatable bonds is 3. The van der Waals surface area contributed by atoms with Crippen LogP contribution < -0.4 is 10.6 Å². The normalized spacial score (nSPS) is 16.4. The lowest BCUT2D eigenvalue weighted by Crippen LogP contribution is -2.45. The van der Waals surface area contributed by atoms with Crippen LogP contribution >= 0.6 is 23.2 Å². The number of hydrogen-bond donors (Lipinski definition) is 2. The second-order valence-corrected chi connectivity index (χ2v) is 4.23. The molecule has 0 amide bonds. The van der Waals surface area contributed by atoms with Crippen LogP contribution in [0, 0.1) is 5.92 Å². The van der Waals surface area contributed by atoms with Gasteiger partial charge in [-0.1, -0.05) is 23.2 Å². The number of anilines is 1. The molecule has 5 heteroatoms. The van der Waals surface area contributed by atoms with Gasteiger partial charge >= 0.3 is 0 Å². The molecule has 1 aromatic heterocycles. The summed E-state index contributed by atoms with van der Waals surface area (Å²) in [6.45, 7) is 3.04. The molecule has 1 aromatic rings. The van der Waals surface area contributed by atoms with Crippen molar-refractivity contribution in [3.63, 3.8) is 0 Å². The van der Waals surface area contributed by atoms with Crippen LogP contribution in [0.25, 0.3) is 0 Å². The Balaban J connectivity index is 1.94. The molecule has 76 valence electrons. The molecule has 2 N–H and O–H groups in total. The Labute approximate surface area is 92.8 Å². The fourth-order valence-corrected chi connectivity index (χ4v) is 1.73. The monoisotopic (exact) mass is 231 g/mol. The molecular weight excluding hydrogens is 221 g/mol. The Bertz CT molecular complexity index is 326. The highest BCUT2D eigenvalue weighted by molar-refractivity contribution is 6.35. The predicted molar refractivity (Wildman–Crippen MR) is 59.1 cm³/mol. The van der Waals surface area contributed by atoms with Gasteiger partial charge in [-0.3, -0.25) is 0 Å². The van der Waals surface area contributed by atoms with E-state index in [0.29, 0.717) is 21.8 Å². The van der Waals surface area contributed by atoms with Gasteiger partial charge in [0, 0.05) is 31.7 Å². The summed E-state index contributed by atoms with van der Waals surface area (Å²) in [7, 11) is 0. The van der Waals surface area contributed by atoms with Crippen molar-refractivity contribution in [3.8, 4) is 0 Å². The highest BCUT2D eigenvalue weighted by atomic mass is 35.5. The Kier molecular flexibility index (Phi) is 3.11. The van der Waals surface area contributed by atoms with E-state index in [4.69, 9.17) is 23.2 Å². The van der Waals surface area contributed by atoms with Crippen LogP contribution in [-0.2, 0) is 0 Å². The first-order chi connectivity index (χ1) is 6.75. The molecular formula is C9H11Cl2N3. The van der Waals surface area contributed by atoms with E-state index in [2.05, 4.69) is 15.6 Å². The molecule has 3 nitrogen and oxygen atoms in total. The van der Waals surface area contributed by atoms with E-state index in [1.165, 1.54) is 0 Å². The van der Waals surface area contributed by atoms with Crippen molar-refractivity contribution in [2.75, 3.05) is 25.0 Å². The second-order valence-electron chi connectivity index (χ2n) is 3.39. The molecule has 2 heterocycles. The van der Waals surface area contributed by atoms with Gasteiger partial charge in [0.05, 0.1) is 10.0 Å². The maximum Gasteiger partial charge on any atom is 0.144 e. The van der Waals surface area contributed by atoms with Gasteiger partial charge in [0.15, 0.2) is 0 Å².